The molecular formula is C16H23NO. The minimum atomic E-state index is 0.220. The molecule has 1 heterocycles. The largest absolute Gasteiger partial charge is 0.294 e. The van der Waals surface area contributed by atoms with Crippen LogP contribution >= 0.6 is 0 Å². The van der Waals surface area contributed by atoms with E-state index < -0.39 is 0 Å². The van der Waals surface area contributed by atoms with E-state index >= 15 is 0 Å². The highest BCUT2D eigenvalue weighted by molar-refractivity contribution is 5.98. The molecule has 0 N–H and O–H groups in total. The summed E-state index contributed by atoms with van der Waals surface area (Å²) in [5.41, 5.74) is 2.73. The summed E-state index contributed by atoms with van der Waals surface area (Å²) in [5, 5.41) is 0. The molecule has 0 amide bonds. The fourth-order valence-corrected chi connectivity index (χ4v) is 3.00. The first-order valence-corrected chi connectivity index (χ1v) is 6.97. The van der Waals surface area contributed by atoms with E-state index in [0.717, 1.165) is 35.7 Å². The highest BCUT2D eigenvalue weighted by Crippen LogP contribution is 2.35. The van der Waals surface area contributed by atoms with Gasteiger partial charge in [0.05, 0.1) is 0 Å². The fraction of sp³-hybridized carbons (Fsp3) is 0.625. The molecule has 3 atom stereocenters. The number of rotatable bonds is 2. The molecule has 0 spiro atoms. The second-order valence-electron chi connectivity index (χ2n) is 5.97. The molecular weight excluding hydrogens is 222 g/mol. The van der Waals surface area contributed by atoms with Crippen LogP contribution in [0.25, 0.3) is 0 Å². The zero-order chi connectivity index (χ0) is 13.3. The van der Waals surface area contributed by atoms with E-state index in [1.807, 2.05) is 26.0 Å². The second kappa shape index (κ2) is 5.21. The zero-order valence-electron chi connectivity index (χ0n) is 11.9. The highest BCUT2D eigenvalue weighted by Gasteiger charge is 2.29. The van der Waals surface area contributed by atoms with Gasteiger partial charge in [0.1, 0.15) is 0 Å². The number of carbonyl (C=O) groups excluding carboxylic acids is 1. The van der Waals surface area contributed by atoms with Crippen LogP contribution in [0.4, 0.5) is 0 Å². The summed E-state index contributed by atoms with van der Waals surface area (Å²) in [5.74, 6) is 1.96. The number of Topliss-reactive ketones (excluding diaryl/α,β-unsaturated/α-hetero) is 1. The SMILES string of the molecule is Cc1cc(C(=O)C2CCC(C)C(C)C2)cc(C)n1. The Morgan fingerprint density at radius 1 is 1.11 bits per heavy atom. The van der Waals surface area contributed by atoms with E-state index in [0.29, 0.717) is 11.7 Å². The lowest BCUT2D eigenvalue weighted by atomic mass is 9.73. The summed E-state index contributed by atoms with van der Waals surface area (Å²) < 4.78 is 0. The van der Waals surface area contributed by atoms with Gasteiger partial charge in [-0.2, -0.15) is 0 Å². The third kappa shape index (κ3) is 2.80. The lowest BCUT2D eigenvalue weighted by molar-refractivity contribution is 0.0837. The predicted octanol–water partition coefficient (Wildman–Crippen LogP) is 3.95. The van der Waals surface area contributed by atoms with Crippen molar-refractivity contribution < 1.29 is 4.79 Å². The van der Waals surface area contributed by atoms with Gasteiger partial charge in [0.15, 0.2) is 5.78 Å². The lowest BCUT2D eigenvalue weighted by Crippen LogP contribution is -2.26. The first-order chi connectivity index (χ1) is 8.47. The van der Waals surface area contributed by atoms with Crippen LogP contribution < -0.4 is 0 Å². The van der Waals surface area contributed by atoms with Gasteiger partial charge in [-0.3, -0.25) is 9.78 Å². The van der Waals surface area contributed by atoms with E-state index in [2.05, 4.69) is 18.8 Å². The van der Waals surface area contributed by atoms with Crippen LogP contribution in [0.5, 0.6) is 0 Å². The van der Waals surface area contributed by atoms with Gasteiger partial charge in [-0.05, 0) is 57.1 Å². The Kier molecular flexibility index (Phi) is 3.84. The first kappa shape index (κ1) is 13.3. The summed E-state index contributed by atoms with van der Waals surface area (Å²) in [6, 6.07) is 3.86. The molecule has 1 aliphatic rings. The lowest BCUT2D eigenvalue weighted by Gasteiger charge is -2.31. The molecule has 1 fully saturated rings. The van der Waals surface area contributed by atoms with Crippen molar-refractivity contribution in [2.24, 2.45) is 17.8 Å². The Balaban J connectivity index is 2.16. The van der Waals surface area contributed by atoms with Gasteiger partial charge in [-0.25, -0.2) is 0 Å². The molecule has 0 aliphatic heterocycles. The van der Waals surface area contributed by atoms with Crippen molar-refractivity contribution in [3.63, 3.8) is 0 Å². The molecule has 1 aromatic heterocycles. The molecule has 98 valence electrons. The van der Waals surface area contributed by atoms with Crippen molar-refractivity contribution in [1.82, 2.24) is 4.98 Å². The predicted molar refractivity (Wildman–Crippen MR) is 73.7 cm³/mol. The van der Waals surface area contributed by atoms with Gasteiger partial charge in [0, 0.05) is 22.9 Å². The number of hydrogen-bond donors (Lipinski definition) is 0. The zero-order valence-corrected chi connectivity index (χ0v) is 11.9. The average molecular weight is 245 g/mol. The van der Waals surface area contributed by atoms with Crippen molar-refractivity contribution in [2.45, 2.75) is 47.0 Å². The molecule has 1 aromatic rings. The quantitative estimate of drug-likeness (QED) is 0.738. The third-order valence-electron chi connectivity index (χ3n) is 4.33. The van der Waals surface area contributed by atoms with Gasteiger partial charge in [-0.1, -0.05) is 13.8 Å². The number of ketones is 1. The van der Waals surface area contributed by atoms with Crippen LogP contribution in [-0.2, 0) is 0 Å². The highest BCUT2D eigenvalue weighted by atomic mass is 16.1. The molecule has 0 radical (unpaired) electrons. The molecule has 0 aromatic carbocycles. The van der Waals surface area contributed by atoms with E-state index in [9.17, 15) is 4.79 Å². The molecule has 1 saturated carbocycles. The van der Waals surface area contributed by atoms with Crippen LogP contribution in [0.3, 0.4) is 0 Å². The number of carbonyl (C=O) groups is 1. The van der Waals surface area contributed by atoms with Crippen molar-refractivity contribution in [3.05, 3.63) is 29.1 Å². The Bertz CT molecular complexity index is 432. The monoisotopic (exact) mass is 245 g/mol. The van der Waals surface area contributed by atoms with Crippen molar-refractivity contribution in [2.75, 3.05) is 0 Å². The molecule has 2 rings (SSSR count). The smallest absolute Gasteiger partial charge is 0.166 e. The summed E-state index contributed by atoms with van der Waals surface area (Å²) in [7, 11) is 0. The van der Waals surface area contributed by atoms with Crippen molar-refractivity contribution in [1.29, 1.82) is 0 Å². The molecule has 0 saturated heterocycles. The molecule has 1 aliphatic carbocycles. The van der Waals surface area contributed by atoms with Crippen molar-refractivity contribution in [3.8, 4) is 0 Å². The number of pyridine rings is 1. The minimum Gasteiger partial charge on any atom is -0.294 e. The minimum absolute atomic E-state index is 0.220. The molecule has 0 bridgehead atoms. The van der Waals surface area contributed by atoms with E-state index in [4.69, 9.17) is 0 Å². The fourth-order valence-electron chi connectivity index (χ4n) is 3.00. The molecule has 2 nitrogen and oxygen atoms in total. The van der Waals surface area contributed by atoms with Gasteiger partial charge < -0.3 is 0 Å². The number of nitrogens with zero attached hydrogens (tertiary/aromatic N) is 1. The maximum Gasteiger partial charge on any atom is 0.166 e. The maximum atomic E-state index is 12.5. The Morgan fingerprint density at radius 2 is 1.72 bits per heavy atom. The standard InChI is InChI=1S/C16H23NO/c1-10-5-6-14(7-11(10)2)16(18)15-8-12(3)17-13(4)9-15/h8-11,14H,5-7H2,1-4H3. The summed E-state index contributed by atoms with van der Waals surface area (Å²) in [4.78, 5) is 16.9. The summed E-state index contributed by atoms with van der Waals surface area (Å²) in [6.45, 7) is 8.48. The average Bonchev–Trinajstić information content (AvgIpc) is 2.30. The number of aryl methyl sites for hydroxylation is 2. The molecule has 18 heavy (non-hydrogen) atoms. The van der Waals surface area contributed by atoms with E-state index in [-0.39, 0.29) is 5.92 Å². The Morgan fingerprint density at radius 3 is 2.28 bits per heavy atom. The van der Waals surface area contributed by atoms with Crippen molar-refractivity contribution >= 4 is 5.78 Å². The van der Waals surface area contributed by atoms with Crippen LogP contribution in [0.15, 0.2) is 12.1 Å². The Labute approximate surface area is 110 Å². The Hall–Kier alpha value is -1.18. The number of hydrogen-bond acceptors (Lipinski definition) is 2. The van der Waals surface area contributed by atoms with E-state index in [1.165, 1.54) is 6.42 Å². The summed E-state index contributed by atoms with van der Waals surface area (Å²) >= 11 is 0. The van der Waals surface area contributed by atoms with E-state index in [1.54, 1.807) is 0 Å². The van der Waals surface area contributed by atoms with Gasteiger partial charge in [0.2, 0.25) is 0 Å². The van der Waals surface area contributed by atoms with Gasteiger partial charge in [-0.15, -0.1) is 0 Å². The normalized spacial score (nSPS) is 28.1. The van der Waals surface area contributed by atoms with Crippen LogP contribution in [-0.4, -0.2) is 10.8 Å². The topological polar surface area (TPSA) is 30.0 Å². The van der Waals surface area contributed by atoms with Gasteiger partial charge in [0.25, 0.3) is 0 Å². The maximum absolute atomic E-state index is 12.5. The molecule has 3 unspecified atom stereocenters. The molecule has 2 heteroatoms. The summed E-state index contributed by atoms with van der Waals surface area (Å²) in [6.07, 6.45) is 3.27. The first-order valence-electron chi connectivity index (χ1n) is 6.97. The second-order valence-corrected chi connectivity index (χ2v) is 5.97. The van der Waals surface area contributed by atoms with Crippen LogP contribution in [0.1, 0.15) is 54.9 Å². The van der Waals surface area contributed by atoms with Crippen LogP contribution in [0.2, 0.25) is 0 Å². The number of aromatic nitrogens is 1. The van der Waals surface area contributed by atoms with Gasteiger partial charge >= 0.3 is 0 Å². The third-order valence-corrected chi connectivity index (χ3v) is 4.33. The van der Waals surface area contributed by atoms with Crippen LogP contribution in [0, 0.1) is 31.6 Å².